The molecule has 21 aromatic rings. The first kappa shape index (κ1) is 65.6. The van der Waals surface area contributed by atoms with E-state index >= 15 is 0 Å². The number of nitrogens with zero attached hydrogens (tertiary/aromatic N) is 7. The first-order chi connectivity index (χ1) is 55.0. The van der Waals surface area contributed by atoms with Gasteiger partial charge >= 0.3 is 0 Å². The fraction of sp³-hybridized carbons (Fsp3) is 0. The second-order valence-electron chi connectivity index (χ2n) is 28.1. The first-order valence-electron chi connectivity index (χ1n) is 37.6. The molecular weight excluding hydrogens is 1350 g/mol. The molecule has 0 amide bonds. The van der Waals surface area contributed by atoms with Gasteiger partial charge in [-0.2, -0.15) is 0 Å². The van der Waals surface area contributed by atoms with E-state index in [0.29, 0.717) is 0 Å². The number of anilines is 6. The molecule has 0 aliphatic rings. The van der Waals surface area contributed by atoms with Gasteiger partial charge in [0.05, 0.1) is 56.9 Å². The molecule has 0 fully saturated rings. The van der Waals surface area contributed by atoms with E-state index in [1.165, 1.54) is 65.6 Å². The topological polar surface area (TPSA) is 63.0 Å². The van der Waals surface area contributed by atoms with E-state index < -0.39 is 0 Å². The number of fused-ring (bicyclic) bond motifs is 15. The molecule has 21 rings (SSSR count). The summed E-state index contributed by atoms with van der Waals surface area (Å²) >= 11 is 0. The van der Waals surface area contributed by atoms with Crippen LogP contribution in [0.25, 0.3) is 160 Å². The molecule has 0 spiro atoms. The summed E-state index contributed by atoms with van der Waals surface area (Å²) in [6.07, 6.45) is 3.82. The van der Waals surface area contributed by atoms with Gasteiger partial charge in [-0.3, -0.25) is 9.97 Å². The summed E-state index contributed by atoms with van der Waals surface area (Å²) in [5, 5.41) is 11.8. The molecule has 3 aromatic heterocycles. The Bertz CT molecular complexity index is 6960. The van der Waals surface area contributed by atoms with Crippen LogP contribution in [-0.4, -0.2) is 24.5 Å². The van der Waals surface area contributed by atoms with Gasteiger partial charge in [-0.25, -0.2) is 9.97 Å². The van der Waals surface area contributed by atoms with Crippen LogP contribution in [0.4, 0.5) is 34.1 Å². The molecule has 111 heavy (non-hydrogen) atoms. The van der Waals surface area contributed by atoms with Crippen molar-refractivity contribution in [1.82, 2.24) is 24.5 Å². The lowest BCUT2D eigenvalue weighted by atomic mass is 9.99. The maximum Gasteiger partial charge on any atom is 0.0979 e. The quantitative estimate of drug-likeness (QED) is 0.107. The smallest absolute Gasteiger partial charge is 0.0979 e. The van der Waals surface area contributed by atoms with Crippen LogP contribution < -0.4 is 9.80 Å². The van der Waals surface area contributed by atoms with Crippen LogP contribution in [0.5, 0.6) is 0 Å². The molecule has 0 aliphatic carbocycles. The highest BCUT2D eigenvalue weighted by atomic mass is 15.1. The third kappa shape index (κ3) is 12.3. The van der Waals surface area contributed by atoms with Crippen LogP contribution in [-0.2, 0) is 0 Å². The molecule has 0 N–H and O–H groups in total. The highest BCUT2D eigenvalue weighted by Gasteiger charge is 2.20. The van der Waals surface area contributed by atoms with Gasteiger partial charge in [0.25, 0.3) is 0 Å². The molecule has 520 valence electrons. The average Bonchev–Trinajstić information content (AvgIpc) is 1.57. The second-order valence-corrected chi connectivity index (χ2v) is 28.1. The summed E-state index contributed by atoms with van der Waals surface area (Å²) in [5.74, 6) is 0. The Morgan fingerprint density at radius 2 is 0.459 bits per heavy atom. The zero-order chi connectivity index (χ0) is 73.6. The van der Waals surface area contributed by atoms with Crippen molar-refractivity contribution in [2.24, 2.45) is 0 Å². The standard InChI is InChI=1S/C58H38N4.C46H31N3/c1-3-16-44(17-4-1)61(47-33-28-40(29-34-47)42-30-35-56-53(37-42)50-22-11-12-25-55(50)62(56)45-18-5-2-6-19-45)46-31-26-39(27-32-46)41-14-13-15-43(36-41)54-38-59-57-51-23-9-7-20-48(51)49-21-8-10-24-52(49)58(57)60-54;1-3-12-32(13-4-1)33-22-26-38(27-23-33)49(37-16-5-2-6-17-37)39-28-24-34(25-29-39)35-14-11-15-36(30-35)44-31-47-45-42-20-9-7-18-40(42)41-19-8-10-21-43(41)46(45)48-44/h1-38H;1-31H. The number of hydrogen-bond acceptors (Lipinski definition) is 6. The monoisotopic (exact) mass is 1420 g/mol. The number of benzene rings is 18. The largest absolute Gasteiger partial charge is 0.311 e. The van der Waals surface area contributed by atoms with E-state index in [1.54, 1.807) is 0 Å². The highest BCUT2D eigenvalue weighted by molar-refractivity contribution is 6.24. The average molecular weight is 1420 g/mol. The third-order valence-electron chi connectivity index (χ3n) is 21.5. The second kappa shape index (κ2) is 28.4. The van der Waals surface area contributed by atoms with Crippen molar-refractivity contribution in [1.29, 1.82) is 0 Å². The number of aromatic nitrogens is 5. The van der Waals surface area contributed by atoms with Gasteiger partial charge in [0.15, 0.2) is 0 Å². The number of rotatable bonds is 13. The minimum atomic E-state index is 0.856. The van der Waals surface area contributed by atoms with Crippen LogP contribution in [0.3, 0.4) is 0 Å². The summed E-state index contributed by atoms with van der Waals surface area (Å²) in [6, 6.07) is 144. The lowest BCUT2D eigenvalue weighted by Gasteiger charge is -2.26. The predicted octanol–water partition coefficient (Wildman–Crippen LogP) is 27.9. The first-order valence-corrected chi connectivity index (χ1v) is 37.6. The molecule has 0 radical (unpaired) electrons. The molecule has 7 heteroatoms. The fourth-order valence-corrected chi connectivity index (χ4v) is 16.1. The van der Waals surface area contributed by atoms with Gasteiger partial charge in [0.2, 0.25) is 0 Å². The summed E-state index contributed by atoms with van der Waals surface area (Å²) < 4.78 is 2.36. The Balaban J connectivity index is 0.000000149. The molecule has 0 saturated carbocycles. The highest BCUT2D eigenvalue weighted by Crippen LogP contribution is 2.43. The minimum Gasteiger partial charge on any atom is -0.311 e. The molecule has 7 nitrogen and oxygen atoms in total. The summed E-state index contributed by atoms with van der Waals surface area (Å²) in [5.41, 5.74) is 27.0. The lowest BCUT2D eigenvalue weighted by molar-refractivity contribution is 1.18. The van der Waals surface area contributed by atoms with Gasteiger partial charge in [-0.05, 0) is 181 Å². The van der Waals surface area contributed by atoms with Crippen molar-refractivity contribution in [2.45, 2.75) is 0 Å². The molecule has 0 bridgehead atoms. The van der Waals surface area contributed by atoms with E-state index in [-0.39, 0.29) is 0 Å². The third-order valence-corrected chi connectivity index (χ3v) is 21.5. The van der Waals surface area contributed by atoms with Crippen molar-refractivity contribution in [3.63, 3.8) is 0 Å². The van der Waals surface area contributed by atoms with Gasteiger partial charge in [-0.15, -0.1) is 0 Å². The van der Waals surface area contributed by atoms with E-state index in [9.17, 15) is 0 Å². The number of para-hydroxylation sites is 4. The van der Waals surface area contributed by atoms with Crippen LogP contribution in [0.2, 0.25) is 0 Å². The van der Waals surface area contributed by atoms with Gasteiger partial charge in [0, 0.05) is 83.3 Å². The van der Waals surface area contributed by atoms with Crippen LogP contribution in [0, 0.1) is 0 Å². The SMILES string of the molecule is c1ccc(-c2ccc(N(c3ccccc3)c3ccc(-c4cccc(-c5cnc6c7ccccc7c7ccccc7c6n5)c4)cc3)cc2)cc1.c1ccc(N(c2ccc(-c3cccc(-c4cnc5c6ccccc6c6ccccc6c5n4)c3)cc2)c2ccc(-c3ccc4c(c3)c3ccccc3n4-c3ccccc3)cc2)cc1. The zero-order valence-corrected chi connectivity index (χ0v) is 60.5. The molecule has 0 atom stereocenters. The number of hydrogen-bond donors (Lipinski definition) is 0. The van der Waals surface area contributed by atoms with Gasteiger partial charge < -0.3 is 14.4 Å². The van der Waals surface area contributed by atoms with Crippen molar-refractivity contribution in [2.75, 3.05) is 9.80 Å². The minimum absolute atomic E-state index is 0.856. The van der Waals surface area contributed by atoms with E-state index in [0.717, 1.165) is 128 Å². The normalized spacial score (nSPS) is 11.4. The molecule has 0 saturated heterocycles. The molecule has 18 aromatic carbocycles. The van der Waals surface area contributed by atoms with Crippen molar-refractivity contribution < 1.29 is 0 Å². The molecule has 3 heterocycles. The van der Waals surface area contributed by atoms with Crippen molar-refractivity contribution in [3.8, 4) is 72.7 Å². The Labute approximate surface area is 642 Å². The molecule has 0 aliphatic heterocycles. The molecule has 0 unspecified atom stereocenters. The zero-order valence-electron chi connectivity index (χ0n) is 60.5. The van der Waals surface area contributed by atoms with Gasteiger partial charge in [0.1, 0.15) is 0 Å². The summed E-state index contributed by atoms with van der Waals surface area (Å²) in [6.45, 7) is 0. The summed E-state index contributed by atoms with van der Waals surface area (Å²) in [4.78, 5) is 25.1. The van der Waals surface area contributed by atoms with Crippen molar-refractivity contribution in [3.05, 3.63) is 419 Å². The Morgan fingerprint density at radius 1 is 0.180 bits per heavy atom. The maximum atomic E-state index is 5.26. The predicted molar refractivity (Wildman–Crippen MR) is 465 cm³/mol. The van der Waals surface area contributed by atoms with Gasteiger partial charge in [-0.1, -0.05) is 291 Å². The van der Waals surface area contributed by atoms with Crippen LogP contribution >= 0.6 is 0 Å². The Kier molecular flexibility index (Phi) is 16.8. The molecular formula is C104H69N7. The Morgan fingerprint density at radius 3 is 0.874 bits per heavy atom. The van der Waals surface area contributed by atoms with E-state index in [2.05, 4.69) is 421 Å². The van der Waals surface area contributed by atoms with Crippen LogP contribution in [0.15, 0.2) is 419 Å². The maximum absolute atomic E-state index is 5.26. The van der Waals surface area contributed by atoms with E-state index in [1.807, 2.05) is 12.4 Å². The van der Waals surface area contributed by atoms with Crippen LogP contribution in [0.1, 0.15) is 0 Å². The van der Waals surface area contributed by atoms with Crippen molar-refractivity contribution >= 4 is 121 Å². The lowest BCUT2D eigenvalue weighted by Crippen LogP contribution is -2.09. The fourth-order valence-electron chi connectivity index (χ4n) is 16.1. The summed E-state index contributed by atoms with van der Waals surface area (Å²) in [7, 11) is 0. The Hall–Kier alpha value is -14.9. The van der Waals surface area contributed by atoms with E-state index in [4.69, 9.17) is 19.9 Å².